The van der Waals surface area contributed by atoms with Crippen LogP contribution in [0.2, 0.25) is 0 Å². The van der Waals surface area contributed by atoms with Gasteiger partial charge in [-0.2, -0.15) is 0 Å². The number of allylic oxidation sites excluding steroid dienone is 2. The molecular formula is C12H14. The van der Waals surface area contributed by atoms with Gasteiger partial charge >= 0.3 is 0 Å². The van der Waals surface area contributed by atoms with Gasteiger partial charge in [-0.3, -0.25) is 0 Å². The summed E-state index contributed by atoms with van der Waals surface area (Å²) in [6, 6.07) is 0. The molecule has 0 heteroatoms. The summed E-state index contributed by atoms with van der Waals surface area (Å²) in [6.45, 7) is 3.78. The Labute approximate surface area is 75.1 Å². The number of hydrogen-bond acceptors (Lipinski definition) is 0. The summed E-state index contributed by atoms with van der Waals surface area (Å²) in [5.74, 6) is 12.2. The normalized spacial score (nSPS) is 15.8. The smallest absolute Gasteiger partial charge is 0.0136 e. The highest BCUT2D eigenvalue weighted by Gasteiger charge is 2.08. The second-order valence-electron chi connectivity index (χ2n) is 2.91. The second-order valence-corrected chi connectivity index (χ2v) is 2.91. The first-order valence-corrected chi connectivity index (χ1v) is 4.46. The zero-order chi connectivity index (χ0) is 8.81. The molecule has 1 rings (SSSR count). The van der Waals surface area contributed by atoms with E-state index in [9.17, 15) is 0 Å². The van der Waals surface area contributed by atoms with E-state index >= 15 is 0 Å². The molecule has 0 saturated heterocycles. The minimum atomic E-state index is 1.13. The van der Waals surface area contributed by atoms with Crippen LogP contribution in [-0.4, -0.2) is 0 Å². The largest absolute Gasteiger partial charge is 0.102 e. The van der Waals surface area contributed by atoms with Crippen molar-refractivity contribution in [2.75, 3.05) is 0 Å². The predicted octanol–water partition coefficient (Wildman–Crippen LogP) is 2.90. The molecular weight excluding hydrogens is 144 g/mol. The van der Waals surface area contributed by atoms with E-state index in [0.717, 1.165) is 12.8 Å². The summed E-state index contributed by atoms with van der Waals surface area (Å²) >= 11 is 0. The maximum atomic E-state index is 3.15. The fraction of sp³-hybridized carbons (Fsp3) is 0.500. The Balaban J connectivity index is 2.93. The van der Waals surface area contributed by atoms with Gasteiger partial charge in [0.15, 0.2) is 0 Å². The predicted molar refractivity (Wildman–Crippen MR) is 52.4 cm³/mol. The van der Waals surface area contributed by atoms with E-state index < -0.39 is 0 Å². The maximum Gasteiger partial charge on any atom is 0.0136 e. The van der Waals surface area contributed by atoms with Gasteiger partial charge in [0.1, 0.15) is 0 Å². The third-order valence-corrected chi connectivity index (χ3v) is 2.02. The molecule has 0 bridgehead atoms. The Morgan fingerprint density at radius 2 is 1.25 bits per heavy atom. The van der Waals surface area contributed by atoms with E-state index in [1.807, 2.05) is 13.8 Å². The molecule has 0 aromatic rings. The first kappa shape index (κ1) is 8.95. The third-order valence-electron chi connectivity index (χ3n) is 2.02. The first-order chi connectivity index (χ1) is 5.88. The molecule has 0 aromatic heterocycles. The maximum absolute atomic E-state index is 3.15. The van der Waals surface area contributed by atoms with E-state index in [2.05, 4.69) is 23.7 Å². The fourth-order valence-electron chi connectivity index (χ4n) is 1.48. The summed E-state index contributed by atoms with van der Waals surface area (Å²) < 4.78 is 0. The summed E-state index contributed by atoms with van der Waals surface area (Å²) in [5.41, 5.74) is 2.55. The van der Waals surface area contributed by atoms with Crippen molar-refractivity contribution in [3.8, 4) is 23.7 Å². The van der Waals surface area contributed by atoms with Crippen LogP contribution in [0.4, 0.5) is 0 Å². The van der Waals surface area contributed by atoms with Gasteiger partial charge in [0.25, 0.3) is 0 Å². The van der Waals surface area contributed by atoms with Gasteiger partial charge in [-0.05, 0) is 39.5 Å². The summed E-state index contributed by atoms with van der Waals surface area (Å²) in [7, 11) is 0. The molecule has 1 aliphatic rings. The molecule has 0 nitrogen and oxygen atoms in total. The number of rotatable bonds is 0. The number of hydrogen-bond donors (Lipinski definition) is 0. The van der Waals surface area contributed by atoms with Crippen molar-refractivity contribution in [3.63, 3.8) is 0 Å². The highest BCUT2D eigenvalue weighted by Crippen LogP contribution is 2.23. The van der Waals surface area contributed by atoms with E-state index in [-0.39, 0.29) is 0 Å². The molecule has 1 aliphatic carbocycles. The van der Waals surface area contributed by atoms with E-state index in [0.29, 0.717) is 0 Å². The van der Waals surface area contributed by atoms with E-state index in [1.165, 1.54) is 24.0 Å². The summed E-state index contributed by atoms with van der Waals surface area (Å²) in [4.78, 5) is 0. The zero-order valence-corrected chi connectivity index (χ0v) is 7.83. The van der Waals surface area contributed by atoms with Gasteiger partial charge in [-0.15, -0.1) is 11.8 Å². The van der Waals surface area contributed by atoms with Gasteiger partial charge in [-0.1, -0.05) is 11.8 Å². The average molecular weight is 158 g/mol. The highest BCUT2D eigenvalue weighted by atomic mass is 14.1. The van der Waals surface area contributed by atoms with Crippen LogP contribution in [-0.2, 0) is 0 Å². The standard InChI is InChI=1S/C12H14/c1-3-7-11-9-5-6-10-12(11)8-4-2/h5-6,9-10H2,1-2H3. The lowest BCUT2D eigenvalue weighted by molar-refractivity contribution is 0.699. The van der Waals surface area contributed by atoms with E-state index in [1.54, 1.807) is 0 Å². The summed E-state index contributed by atoms with van der Waals surface area (Å²) in [6.07, 6.45) is 4.81. The Morgan fingerprint density at radius 3 is 1.58 bits per heavy atom. The van der Waals surface area contributed by atoms with Crippen LogP contribution in [0.15, 0.2) is 11.1 Å². The van der Waals surface area contributed by atoms with Gasteiger partial charge in [0.05, 0.1) is 0 Å². The van der Waals surface area contributed by atoms with Gasteiger partial charge in [0.2, 0.25) is 0 Å². The topological polar surface area (TPSA) is 0 Å². The molecule has 0 unspecified atom stereocenters. The molecule has 0 N–H and O–H groups in total. The van der Waals surface area contributed by atoms with Crippen LogP contribution in [0, 0.1) is 23.7 Å². The van der Waals surface area contributed by atoms with Crippen LogP contribution >= 0.6 is 0 Å². The van der Waals surface area contributed by atoms with Crippen molar-refractivity contribution in [2.45, 2.75) is 39.5 Å². The zero-order valence-electron chi connectivity index (χ0n) is 7.83. The second kappa shape index (κ2) is 4.68. The average Bonchev–Trinajstić information content (AvgIpc) is 2.09. The lowest BCUT2D eigenvalue weighted by atomic mass is 9.92. The van der Waals surface area contributed by atoms with Crippen molar-refractivity contribution >= 4 is 0 Å². The van der Waals surface area contributed by atoms with Crippen LogP contribution in [0.5, 0.6) is 0 Å². The van der Waals surface area contributed by atoms with Crippen molar-refractivity contribution in [1.29, 1.82) is 0 Å². The molecule has 0 radical (unpaired) electrons. The van der Waals surface area contributed by atoms with Crippen molar-refractivity contribution in [2.24, 2.45) is 0 Å². The molecule has 62 valence electrons. The van der Waals surface area contributed by atoms with Crippen LogP contribution in [0.25, 0.3) is 0 Å². The van der Waals surface area contributed by atoms with Crippen LogP contribution in [0.3, 0.4) is 0 Å². The molecule has 0 atom stereocenters. The fourth-order valence-corrected chi connectivity index (χ4v) is 1.48. The van der Waals surface area contributed by atoms with Gasteiger partial charge < -0.3 is 0 Å². The van der Waals surface area contributed by atoms with Crippen LogP contribution < -0.4 is 0 Å². The molecule has 0 heterocycles. The SMILES string of the molecule is CC#CC1=C(C#CC)CCCC1. The van der Waals surface area contributed by atoms with Gasteiger partial charge in [-0.25, -0.2) is 0 Å². The first-order valence-electron chi connectivity index (χ1n) is 4.46. The Kier molecular flexibility index (Phi) is 3.49. The molecule has 0 fully saturated rings. The van der Waals surface area contributed by atoms with E-state index in [4.69, 9.17) is 0 Å². The molecule has 12 heavy (non-hydrogen) atoms. The molecule has 0 saturated carbocycles. The Hall–Kier alpha value is -1.14. The Bertz CT molecular complexity index is 264. The monoisotopic (exact) mass is 158 g/mol. The summed E-state index contributed by atoms with van der Waals surface area (Å²) in [5, 5.41) is 0. The molecule has 0 aromatic carbocycles. The molecule has 0 amide bonds. The van der Waals surface area contributed by atoms with Gasteiger partial charge in [0, 0.05) is 11.1 Å². The minimum Gasteiger partial charge on any atom is -0.102 e. The molecule has 0 spiro atoms. The lowest BCUT2D eigenvalue weighted by Gasteiger charge is -2.11. The quantitative estimate of drug-likeness (QED) is 0.475. The van der Waals surface area contributed by atoms with Crippen molar-refractivity contribution in [1.82, 2.24) is 0 Å². The van der Waals surface area contributed by atoms with Crippen molar-refractivity contribution < 1.29 is 0 Å². The highest BCUT2D eigenvalue weighted by molar-refractivity contribution is 5.43. The third kappa shape index (κ3) is 2.18. The minimum absolute atomic E-state index is 1.13. The lowest BCUT2D eigenvalue weighted by Crippen LogP contribution is -1.96. The Morgan fingerprint density at radius 1 is 0.833 bits per heavy atom. The van der Waals surface area contributed by atoms with Crippen LogP contribution in [0.1, 0.15) is 39.5 Å². The van der Waals surface area contributed by atoms with Crippen molar-refractivity contribution in [3.05, 3.63) is 11.1 Å². The molecule has 0 aliphatic heterocycles.